The van der Waals surface area contributed by atoms with Crippen LogP contribution in [0.5, 0.6) is 0 Å². The predicted octanol–water partition coefficient (Wildman–Crippen LogP) is 3.48. The van der Waals surface area contributed by atoms with Crippen molar-refractivity contribution >= 4 is 23.2 Å². The number of carbonyl (C=O) groups is 2. The highest BCUT2D eigenvalue weighted by molar-refractivity contribution is 6.00. The Balaban J connectivity index is 1.48. The standard InChI is InChI=1S/C30H38N4O5/c1-3-32-23-15-22(16-24(17-23)34-13-7-10-29(34)36)30(37)33-27(14-21-8-5-4-6-9-21)28(35)19-31-18-25-11-12-26(39-25)20-38-2/h4-6,8-9,11-12,15-17,27-28,31-32,35H,3,7,10,13-14,18-20H2,1-2H3,(H,33,37)/t27-,28+/m0/s1. The van der Waals surface area contributed by atoms with Crippen molar-refractivity contribution in [3.05, 3.63) is 83.3 Å². The van der Waals surface area contributed by atoms with Crippen molar-refractivity contribution < 1.29 is 23.8 Å². The topological polar surface area (TPSA) is 116 Å². The maximum absolute atomic E-state index is 13.5. The summed E-state index contributed by atoms with van der Waals surface area (Å²) in [6.07, 6.45) is 0.907. The van der Waals surface area contributed by atoms with Gasteiger partial charge in [0.05, 0.1) is 18.7 Å². The van der Waals surface area contributed by atoms with Crippen molar-refractivity contribution in [1.29, 1.82) is 0 Å². The highest BCUT2D eigenvalue weighted by atomic mass is 16.5. The molecule has 0 spiro atoms. The van der Waals surface area contributed by atoms with Crippen molar-refractivity contribution in [3.63, 3.8) is 0 Å². The summed E-state index contributed by atoms with van der Waals surface area (Å²) in [5.74, 6) is 1.23. The predicted molar refractivity (Wildman–Crippen MR) is 151 cm³/mol. The zero-order valence-electron chi connectivity index (χ0n) is 22.6. The number of nitrogens with zero attached hydrogens (tertiary/aromatic N) is 1. The molecule has 4 rings (SSSR count). The molecule has 1 fully saturated rings. The normalized spacial score (nSPS) is 14.8. The maximum Gasteiger partial charge on any atom is 0.251 e. The number of aliphatic hydroxyl groups is 1. The molecule has 9 nitrogen and oxygen atoms in total. The minimum Gasteiger partial charge on any atom is -0.462 e. The molecule has 0 aliphatic carbocycles. The van der Waals surface area contributed by atoms with Crippen LogP contribution in [0, 0.1) is 0 Å². The van der Waals surface area contributed by atoms with E-state index in [1.165, 1.54) is 0 Å². The van der Waals surface area contributed by atoms with Gasteiger partial charge >= 0.3 is 0 Å². The van der Waals surface area contributed by atoms with Crippen LogP contribution in [0.25, 0.3) is 0 Å². The summed E-state index contributed by atoms with van der Waals surface area (Å²) >= 11 is 0. The number of benzene rings is 2. The van der Waals surface area contributed by atoms with Crippen molar-refractivity contribution in [1.82, 2.24) is 10.6 Å². The average molecular weight is 535 g/mol. The average Bonchev–Trinajstić information content (AvgIpc) is 3.57. The van der Waals surface area contributed by atoms with Gasteiger partial charge in [0.2, 0.25) is 5.91 Å². The number of rotatable bonds is 14. The van der Waals surface area contributed by atoms with Crippen LogP contribution in [-0.4, -0.2) is 55.8 Å². The minimum atomic E-state index is -0.862. The van der Waals surface area contributed by atoms with E-state index in [1.54, 1.807) is 24.1 Å². The molecule has 39 heavy (non-hydrogen) atoms. The van der Waals surface area contributed by atoms with Crippen molar-refractivity contribution in [3.8, 4) is 0 Å². The second kappa shape index (κ2) is 13.9. The van der Waals surface area contributed by atoms with Crippen LogP contribution in [0.1, 0.15) is 47.2 Å². The number of amides is 2. The van der Waals surface area contributed by atoms with Gasteiger partial charge < -0.3 is 35.1 Å². The van der Waals surface area contributed by atoms with E-state index in [0.29, 0.717) is 50.3 Å². The number of furan rings is 1. The Labute approximate surface area is 229 Å². The smallest absolute Gasteiger partial charge is 0.251 e. The summed E-state index contributed by atoms with van der Waals surface area (Å²) in [6, 6.07) is 18.4. The van der Waals surface area contributed by atoms with Crippen LogP contribution in [0.3, 0.4) is 0 Å². The summed E-state index contributed by atoms with van der Waals surface area (Å²) in [6.45, 7) is 4.39. The second-order valence-corrected chi connectivity index (χ2v) is 9.72. The van der Waals surface area contributed by atoms with E-state index in [4.69, 9.17) is 9.15 Å². The fourth-order valence-corrected chi connectivity index (χ4v) is 4.75. The Morgan fingerprint density at radius 3 is 2.64 bits per heavy atom. The van der Waals surface area contributed by atoms with Gasteiger partial charge in [-0.2, -0.15) is 0 Å². The molecule has 1 aliphatic heterocycles. The second-order valence-electron chi connectivity index (χ2n) is 9.72. The summed E-state index contributed by atoms with van der Waals surface area (Å²) in [5.41, 5.74) is 2.91. The lowest BCUT2D eigenvalue weighted by molar-refractivity contribution is -0.117. The lowest BCUT2D eigenvalue weighted by Crippen LogP contribution is -2.48. The first kappa shape index (κ1) is 28.4. The molecule has 2 heterocycles. The summed E-state index contributed by atoms with van der Waals surface area (Å²) in [7, 11) is 1.61. The van der Waals surface area contributed by atoms with Crippen LogP contribution in [0.15, 0.2) is 65.1 Å². The lowest BCUT2D eigenvalue weighted by atomic mass is 10.00. The van der Waals surface area contributed by atoms with Gasteiger partial charge in [-0.1, -0.05) is 30.3 Å². The molecule has 2 atom stereocenters. The molecule has 4 N–H and O–H groups in total. The SMILES string of the molecule is CCNc1cc(C(=O)N[C@@H](Cc2ccccc2)[C@H](O)CNCc2ccc(COC)o2)cc(N2CCCC2=O)c1. The number of methoxy groups -OCH3 is 1. The minimum absolute atomic E-state index is 0.0596. The molecule has 2 amide bonds. The van der Waals surface area contributed by atoms with Crippen LogP contribution >= 0.6 is 0 Å². The molecule has 208 valence electrons. The van der Waals surface area contributed by atoms with Gasteiger partial charge in [-0.3, -0.25) is 9.59 Å². The fourth-order valence-electron chi connectivity index (χ4n) is 4.75. The van der Waals surface area contributed by atoms with Crippen LogP contribution < -0.4 is 20.9 Å². The summed E-state index contributed by atoms with van der Waals surface area (Å²) in [5, 5.41) is 20.7. The molecule has 0 saturated carbocycles. The Bertz CT molecular complexity index is 1230. The van der Waals surface area contributed by atoms with E-state index in [2.05, 4.69) is 16.0 Å². The van der Waals surface area contributed by atoms with Crippen LogP contribution in [0.4, 0.5) is 11.4 Å². The molecule has 9 heteroatoms. The monoisotopic (exact) mass is 534 g/mol. The van der Waals surface area contributed by atoms with E-state index in [-0.39, 0.29) is 18.4 Å². The van der Waals surface area contributed by atoms with E-state index in [9.17, 15) is 14.7 Å². The molecule has 0 unspecified atom stereocenters. The van der Waals surface area contributed by atoms with Gasteiger partial charge in [0.15, 0.2) is 0 Å². The third-order valence-electron chi connectivity index (χ3n) is 6.68. The first-order valence-electron chi connectivity index (χ1n) is 13.5. The van der Waals surface area contributed by atoms with Gasteiger partial charge in [0, 0.05) is 50.1 Å². The number of carbonyl (C=O) groups excluding carboxylic acids is 2. The molecule has 1 saturated heterocycles. The Kier molecular flexibility index (Phi) is 10.1. The van der Waals surface area contributed by atoms with Crippen molar-refractivity contribution in [2.75, 3.05) is 37.0 Å². The van der Waals surface area contributed by atoms with Crippen LogP contribution in [-0.2, 0) is 29.1 Å². The third kappa shape index (κ3) is 7.92. The maximum atomic E-state index is 13.5. The van der Waals surface area contributed by atoms with Crippen molar-refractivity contribution in [2.24, 2.45) is 0 Å². The molecule has 0 radical (unpaired) electrons. The van der Waals surface area contributed by atoms with Gasteiger partial charge in [0.25, 0.3) is 5.91 Å². The zero-order valence-corrected chi connectivity index (χ0v) is 22.6. The molecule has 1 aromatic heterocycles. The molecule has 0 bridgehead atoms. The number of hydrogen-bond acceptors (Lipinski definition) is 7. The lowest BCUT2D eigenvalue weighted by Gasteiger charge is -2.25. The third-order valence-corrected chi connectivity index (χ3v) is 6.68. The zero-order chi connectivity index (χ0) is 27.6. The Hall–Kier alpha value is -3.66. The first-order chi connectivity index (χ1) is 19.0. The molecule has 1 aliphatic rings. The number of ether oxygens (including phenoxy) is 1. The van der Waals surface area contributed by atoms with Crippen molar-refractivity contribution in [2.45, 2.75) is 51.5 Å². The molecule has 3 aromatic rings. The number of hydrogen-bond donors (Lipinski definition) is 4. The van der Waals surface area contributed by atoms with E-state index >= 15 is 0 Å². The molecular weight excluding hydrogens is 496 g/mol. The fraction of sp³-hybridized carbons (Fsp3) is 0.400. The number of nitrogens with one attached hydrogen (secondary N) is 3. The number of anilines is 2. The van der Waals surface area contributed by atoms with E-state index in [1.807, 2.05) is 55.5 Å². The highest BCUT2D eigenvalue weighted by Crippen LogP contribution is 2.27. The van der Waals surface area contributed by atoms with Gasteiger partial charge in [0.1, 0.15) is 18.1 Å². The van der Waals surface area contributed by atoms with Gasteiger partial charge in [-0.15, -0.1) is 0 Å². The Morgan fingerprint density at radius 2 is 1.92 bits per heavy atom. The first-order valence-corrected chi connectivity index (χ1v) is 13.5. The van der Waals surface area contributed by atoms with Gasteiger partial charge in [-0.25, -0.2) is 0 Å². The Morgan fingerprint density at radius 1 is 1.13 bits per heavy atom. The molecular formula is C30H38N4O5. The molecule has 2 aromatic carbocycles. The van der Waals surface area contributed by atoms with E-state index < -0.39 is 12.1 Å². The largest absolute Gasteiger partial charge is 0.462 e. The van der Waals surface area contributed by atoms with Crippen LogP contribution in [0.2, 0.25) is 0 Å². The highest BCUT2D eigenvalue weighted by Gasteiger charge is 2.26. The quantitative estimate of drug-likeness (QED) is 0.250. The summed E-state index contributed by atoms with van der Waals surface area (Å²) < 4.78 is 10.8. The van der Waals surface area contributed by atoms with E-state index in [0.717, 1.165) is 29.2 Å². The number of aliphatic hydroxyl groups excluding tert-OH is 1. The van der Waals surface area contributed by atoms with Gasteiger partial charge in [-0.05, 0) is 55.7 Å². The summed E-state index contributed by atoms with van der Waals surface area (Å²) in [4.78, 5) is 27.6.